The third-order valence-corrected chi connectivity index (χ3v) is 6.38. The lowest BCUT2D eigenvalue weighted by Gasteiger charge is -2.24. The predicted octanol–water partition coefficient (Wildman–Crippen LogP) is 1.79. The minimum atomic E-state index is 0.119. The summed E-state index contributed by atoms with van der Waals surface area (Å²) in [6, 6.07) is 6.90. The molecular formula is C26H50N6O. The van der Waals surface area contributed by atoms with Crippen LogP contribution in [0.15, 0.2) is 18.2 Å². The molecule has 0 spiro atoms. The van der Waals surface area contributed by atoms with Crippen LogP contribution in [-0.4, -0.2) is 57.5 Å². The molecule has 2 atom stereocenters. The number of nitrogens with one attached hydrogen (secondary N) is 2. The highest BCUT2D eigenvalue weighted by molar-refractivity contribution is 5.35. The second-order valence-electron chi connectivity index (χ2n) is 9.65. The van der Waals surface area contributed by atoms with E-state index in [1.165, 1.54) is 30.4 Å². The van der Waals surface area contributed by atoms with E-state index in [9.17, 15) is 0 Å². The Morgan fingerprint density at radius 1 is 0.758 bits per heavy atom. The Hall–Kier alpha value is -1.22. The maximum absolute atomic E-state index is 6.46. The maximum atomic E-state index is 6.46. The Balaban J connectivity index is 1.94. The zero-order valence-electron chi connectivity index (χ0n) is 20.7. The molecule has 0 heterocycles. The molecule has 2 unspecified atom stereocenters. The largest absolute Gasteiger partial charge is 0.490 e. The third-order valence-electron chi connectivity index (χ3n) is 6.38. The van der Waals surface area contributed by atoms with Crippen LogP contribution in [0.4, 0.5) is 0 Å². The average molecular weight is 463 g/mol. The maximum Gasteiger partial charge on any atom is 0.120 e. The Labute approximate surface area is 201 Å². The lowest BCUT2D eigenvalue weighted by molar-refractivity contribution is 0.154. The number of rotatable bonds is 18. The van der Waals surface area contributed by atoms with E-state index < -0.39 is 0 Å². The van der Waals surface area contributed by atoms with Gasteiger partial charge in [-0.1, -0.05) is 12.5 Å². The van der Waals surface area contributed by atoms with E-state index in [1.807, 2.05) is 0 Å². The molecule has 1 aliphatic rings. The van der Waals surface area contributed by atoms with Gasteiger partial charge in [0.15, 0.2) is 0 Å². The molecule has 1 fully saturated rings. The molecule has 1 aromatic rings. The summed E-state index contributed by atoms with van der Waals surface area (Å²) >= 11 is 0. The molecule has 0 radical (unpaired) electrons. The molecular weight excluding hydrogens is 412 g/mol. The summed E-state index contributed by atoms with van der Waals surface area (Å²) in [6.45, 7) is 5.21. The van der Waals surface area contributed by atoms with Gasteiger partial charge in [0, 0.05) is 12.1 Å². The number of benzene rings is 1. The fourth-order valence-corrected chi connectivity index (χ4v) is 4.50. The van der Waals surface area contributed by atoms with Crippen LogP contribution in [0.1, 0.15) is 68.9 Å². The zero-order chi connectivity index (χ0) is 23.7. The van der Waals surface area contributed by atoms with Gasteiger partial charge in [0.1, 0.15) is 5.75 Å². The van der Waals surface area contributed by atoms with Crippen molar-refractivity contribution in [1.82, 2.24) is 10.6 Å². The summed E-state index contributed by atoms with van der Waals surface area (Å²) in [4.78, 5) is 0. The minimum Gasteiger partial charge on any atom is -0.490 e. The highest BCUT2D eigenvalue weighted by atomic mass is 16.5. The van der Waals surface area contributed by atoms with Crippen molar-refractivity contribution in [2.24, 2.45) is 22.9 Å². The summed E-state index contributed by atoms with van der Waals surface area (Å²) < 4.78 is 6.42. The molecule has 0 amide bonds. The van der Waals surface area contributed by atoms with Gasteiger partial charge in [0.25, 0.3) is 0 Å². The normalized spacial score (nSPS) is 16.6. The van der Waals surface area contributed by atoms with Gasteiger partial charge < -0.3 is 38.3 Å². The van der Waals surface area contributed by atoms with Crippen molar-refractivity contribution in [2.45, 2.75) is 88.8 Å². The van der Waals surface area contributed by atoms with E-state index in [2.05, 4.69) is 28.8 Å². The van der Waals surface area contributed by atoms with Crippen molar-refractivity contribution in [1.29, 1.82) is 0 Å². The number of hydrogen-bond donors (Lipinski definition) is 6. The van der Waals surface area contributed by atoms with Crippen LogP contribution in [0, 0.1) is 0 Å². The van der Waals surface area contributed by atoms with Crippen LogP contribution in [0.2, 0.25) is 0 Å². The van der Waals surface area contributed by atoms with Gasteiger partial charge in [-0.25, -0.2) is 0 Å². The van der Waals surface area contributed by atoms with E-state index in [4.69, 9.17) is 27.7 Å². The highest BCUT2D eigenvalue weighted by Crippen LogP contribution is 2.26. The topological polar surface area (TPSA) is 137 Å². The minimum absolute atomic E-state index is 0.119. The summed E-state index contributed by atoms with van der Waals surface area (Å²) in [7, 11) is 0. The van der Waals surface area contributed by atoms with Crippen molar-refractivity contribution in [3.63, 3.8) is 0 Å². The van der Waals surface area contributed by atoms with Gasteiger partial charge in [-0.05, 0) is 127 Å². The molecule has 0 saturated heterocycles. The Bertz CT molecular complexity index is 583. The van der Waals surface area contributed by atoms with Crippen molar-refractivity contribution < 1.29 is 4.74 Å². The van der Waals surface area contributed by atoms with Crippen LogP contribution in [0.5, 0.6) is 5.75 Å². The van der Waals surface area contributed by atoms with Crippen molar-refractivity contribution in [3.8, 4) is 5.75 Å². The molecule has 1 saturated carbocycles. The number of nitrogens with two attached hydrogens (primary N) is 4. The Kier molecular flexibility index (Phi) is 14.6. The van der Waals surface area contributed by atoms with Crippen molar-refractivity contribution in [2.75, 3.05) is 39.3 Å². The highest BCUT2D eigenvalue weighted by Gasteiger charge is 2.16. The molecule has 0 bridgehead atoms. The molecule has 7 heteroatoms. The van der Waals surface area contributed by atoms with E-state index in [1.54, 1.807) is 0 Å². The Morgan fingerprint density at radius 2 is 1.27 bits per heavy atom. The summed E-state index contributed by atoms with van der Waals surface area (Å²) in [5.41, 5.74) is 26.5. The van der Waals surface area contributed by atoms with Crippen LogP contribution < -0.4 is 38.3 Å². The summed E-state index contributed by atoms with van der Waals surface area (Å²) in [5, 5.41) is 6.85. The van der Waals surface area contributed by atoms with E-state index in [-0.39, 0.29) is 12.1 Å². The van der Waals surface area contributed by atoms with Crippen molar-refractivity contribution in [3.05, 3.63) is 29.3 Å². The van der Waals surface area contributed by atoms with Gasteiger partial charge in [0.05, 0.1) is 6.10 Å². The second-order valence-corrected chi connectivity index (χ2v) is 9.65. The first-order chi connectivity index (χ1) is 16.1. The van der Waals surface area contributed by atoms with Crippen LogP contribution in [0.3, 0.4) is 0 Å². The molecule has 0 aliphatic heterocycles. The van der Waals surface area contributed by atoms with Gasteiger partial charge >= 0.3 is 0 Å². The predicted molar refractivity (Wildman–Crippen MR) is 140 cm³/mol. The first-order valence-corrected chi connectivity index (χ1v) is 13.2. The zero-order valence-corrected chi connectivity index (χ0v) is 20.7. The standard InChI is InChI=1S/C26H50N6O/c27-10-4-12-31-14-8-23(29)17-21-16-22(18-24(30)9-15-32-13-5-11-28)20-26(19-21)33-25-6-2-1-3-7-25/h16,19-20,23-25,31-32H,1-15,17-18,27-30H2. The quantitative estimate of drug-likeness (QED) is 0.183. The van der Waals surface area contributed by atoms with Gasteiger partial charge in [-0.2, -0.15) is 0 Å². The lowest BCUT2D eigenvalue weighted by Crippen LogP contribution is -2.30. The lowest BCUT2D eigenvalue weighted by atomic mass is 9.96. The Morgan fingerprint density at radius 3 is 1.76 bits per heavy atom. The van der Waals surface area contributed by atoms with E-state index in [0.717, 1.165) is 96.4 Å². The fraction of sp³-hybridized carbons (Fsp3) is 0.769. The number of ether oxygens (including phenoxy) is 1. The average Bonchev–Trinajstić information content (AvgIpc) is 2.79. The fourth-order valence-electron chi connectivity index (χ4n) is 4.50. The smallest absolute Gasteiger partial charge is 0.120 e. The van der Waals surface area contributed by atoms with Crippen LogP contribution in [-0.2, 0) is 12.8 Å². The van der Waals surface area contributed by atoms with Gasteiger partial charge in [0.2, 0.25) is 0 Å². The molecule has 33 heavy (non-hydrogen) atoms. The molecule has 1 aliphatic carbocycles. The molecule has 1 aromatic carbocycles. The third kappa shape index (κ3) is 12.7. The summed E-state index contributed by atoms with van der Waals surface area (Å²) in [6.07, 6.45) is 12.1. The SMILES string of the molecule is NCCCNCCC(N)Cc1cc(CC(N)CCNCCCN)cc(OC2CCCCC2)c1. The molecule has 2 rings (SSSR count). The molecule has 7 nitrogen and oxygen atoms in total. The monoisotopic (exact) mass is 462 g/mol. The summed E-state index contributed by atoms with van der Waals surface area (Å²) in [5.74, 6) is 0.982. The first kappa shape index (κ1) is 28.0. The van der Waals surface area contributed by atoms with Crippen LogP contribution >= 0.6 is 0 Å². The van der Waals surface area contributed by atoms with Gasteiger partial charge in [-0.15, -0.1) is 0 Å². The van der Waals surface area contributed by atoms with E-state index >= 15 is 0 Å². The number of hydrogen-bond acceptors (Lipinski definition) is 7. The molecule has 190 valence electrons. The second kappa shape index (κ2) is 17.2. The van der Waals surface area contributed by atoms with Crippen LogP contribution in [0.25, 0.3) is 0 Å². The van der Waals surface area contributed by atoms with Gasteiger partial charge in [-0.3, -0.25) is 0 Å². The van der Waals surface area contributed by atoms with Crippen molar-refractivity contribution >= 4 is 0 Å². The molecule has 0 aromatic heterocycles. The first-order valence-electron chi connectivity index (χ1n) is 13.2. The van der Waals surface area contributed by atoms with E-state index in [0.29, 0.717) is 6.10 Å². The molecule has 10 N–H and O–H groups in total.